The Morgan fingerprint density at radius 1 is 1.39 bits per heavy atom. The summed E-state index contributed by atoms with van der Waals surface area (Å²) < 4.78 is 0. The summed E-state index contributed by atoms with van der Waals surface area (Å²) >= 11 is 0. The van der Waals surface area contributed by atoms with Gasteiger partial charge in [0.15, 0.2) is 6.20 Å². The van der Waals surface area contributed by atoms with Gasteiger partial charge in [-0.25, -0.2) is 4.79 Å². The van der Waals surface area contributed by atoms with E-state index in [9.17, 15) is 19.7 Å². The first kappa shape index (κ1) is 13.6. The van der Waals surface area contributed by atoms with Crippen LogP contribution >= 0.6 is 0 Å². The van der Waals surface area contributed by atoms with Crippen molar-refractivity contribution in [3.8, 4) is 0 Å². The quantitative estimate of drug-likeness (QED) is 0.611. The van der Waals surface area contributed by atoms with Gasteiger partial charge in [-0.3, -0.25) is 10.1 Å². The van der Waals surface area contributed by atoms with E-state index in [1.165, 1.54) is 6.07 Å². The standard InChI is InChI=1S/C10H12N4O4/c1-6(2)12-10(16)13-9(15)7-3-4-8(11-5-7)14(17)18/h3-6H,1-2H3,(H2,12,13,15,16). The lowest BCUT2D eigenvalue weighted by molar-refractivity contribution is -0.389. The first-order valence-corrected chi connectivity index (χ1v) is 5.12. The van der Waals surface area contributed by atoms with Crippen LogP contribution in [0.3, 0.4) is 0 Å². The fraction of sp³-hybridized carbons (Fsp3) is 0.300. The predicted molar refractivity (Wildman–Crippen MR) is 62.0 cm³/mol. The summed E-state index contributed by atoms with van der Waals surface area (Å²) in [5, 5.41) is 14.9. The van der Waals surface area contributed by atoms with Gasteiger partial charge in [0.05, 0.1) is 5.56 Å². The summed E-state index contributed by atoms with van der Waals surface area (Å²) in [5.41, 5.74) is 0.0690. The van der Waals surface area contributed by atoms with Crippen LogP contribution in [0, 0.1) is 10.1 Å². The van der Waals surface area contributed by atoms with Gasteiger partial charge in [-0.15, -0.1) is 0 Å². The number of rotatable bonds is 3. The largest absolute Gasteiger partial charge is 0.363 e. The number of pyridine rings is 1. The molecule has 0 aromatic carbocycles. The summed E-state index contributed by atoms with van der Waals surface area (Å²) in [6, 6.07) is 1.58. The molecule has 8 heteroatoms. The Morgan fingerprint density at radius 2 is 2.06 bits per heavy atom. The summed E-state index contributed by atoms with van der Waals surface area (Å²) in [5.74, 6) is -1.03. The van der Waals surface area contributed by atoms with Crippen LogP contribution in [0.15, 0.2) is 18.3 Å². The normalized spacial score (nSPS) is 9.94. The molecular formula is C10H12N4O4. The number of carbonyl (C=O) groups is 2. The van der Waals surface area contributed by atoms with E-state index in [-0.39, 0.29) is 17.4 Å². The molecule has 1 aromatic heterocycles. The summed E-state index contributed by atoms with van der Waals surface area (Å²) in [6.45, 7) is 3.50. The van der Waals surface area contributed by atoms with Gasteiger partial charge in [0.1, 0.15) is 0 Å². The van der Waals surface area contributed by atoms with Gasteiger partial charge in [-0.2, -0.15) is 0 Å². The van der Waals surface area contributed by atoms with Crippen molar-refractivity contribution in [1.82, 2.24) is 15.6 Å². The van der Waals surface area contributed by atoms with Crippen LogP contribution < -0.4 is 10.6 Å². The van der Waals surface area contributed by atoms with Crippen LogP contribution in [-0.2, 0) is 0 Å². The molecule has 96 valence electrons. The zero-order chi connectivity index (χ0) is 13.7. The molecule has 2 N–H and O–H groups in total. The predicted octanol–water partition coefficient (Wildman–Crippen LogP) is 0.838. The van der Waals surface area contributed by atoms with Crippen molar-refractivity contribution in [2.24, 2.45) is 0 Å². The second-order valence-corrected chi connectivity index (χ2v) is 3.74. The Labute approximate surface area is 103 Å². The number of amides is 3. The van der Waals surface area contributed by atoms with Crippen LogP contribution in [0.4, 0.5) is 10.6 Å². The molecule has 0 bridgehead atoms. The number of nitrogens with zero attached hydrogens (tertiary/aromatic N) is 2. The average molecular weight is 252 g/mol. The van der Waals surface area contributed by atoms with Crippen molar-refractivity contribution in [2.75, 3.05) is 0 Å². The Hall–Kier alpha value is -2.51. The van der Waals surface area contributed by atoms with Crippen molar-refractivity contribution in [2.45, 2.75) is 19.9 Å². The third-order valence-corrected chi connectivity index (χ3v) is 1.84. The lowest BCUT2D eigenvalue weighted by Gasteiger charge is -2.08. The van der Waals surface area contributed by atoms with Gasteiger partial charge in [0, 0.05) is 12.1 Å². The van der Waals surface area contributed by atoms with Gasteiger partial charge in [0.2, 0.25) is 0 Å². The van der Waals surface area contributed by atoms with Gasteiger partial charge < -0.3 is 15.4 Å². The molecule has 0 saturated carbocycles. The van der Waals surface area contributed by atoms with Crippen molar-refractivity contribution in [3.05, 3.63) is 34.0 Å². The Kier molecular flexibility index (Phi) is 4.30. The fourth-order valence-electron chi connectivity index (χ4n) is 1.10. The molecule has 0 unspecified atom stereocenters. The van der Waals surface area contributed by atoms with E-state index in [0.29, 0.717) is 0 Å². The van der Waals surface area contributed by atoms with Gasteiger partial charge >= 0.3 is 11.8 Å². The summed E-state index contributed by atoms with van der Waals surface area (Å²) in [7, 11) is 0. The lowest BCUT2D eigenvalue weighted by Crippen LogP contribution is -2.42. The molecule has 18 heavy (non-hydrogen) atoms. The minimum absolute atomic E-state index is 0.0690. The maximum Gasteiger partial charge on any atom is 0.363 e. The molecule has 0 aliphatic heterocycles. The van der Waals surface area contributed by atoms with Gasteiger partial charge in [0.25, 0.3) is 5.91 Å². The van der Waals surface area contributed by atoms with Crippen molar-refractivity contribution in [3.63, 3.8) is 0 Å². The molecule has 0 spiro atoms. The molecule has 8 nitrogen and oxygen atoms in total. The van der Waals surface area contributed by atoms with E-state index in [1.54, 1.807) is 13.8 Å². The first-order chi connectivity index (χ1) is 8.40. The second-order valence-electron chi connectivity index (χ2n) is 3.74. The number of nitro groups is 1. The topological polar surface area (TPSA) is 114 Å². The smallest absolute Gasteiger partial charge is 0.358 e. The Bertz CT molecular complexity index is 469. The van der Waals surface area contributed by atoms with E-state index in [4.69, 9.17) is 0 Å². The number of nitrogens with one attached hydrogen (secondary N) is 2. The zero-order valence-electron chi connectivity index (χ0n) is 9.84. The highest BCUT2D eigenvalue weighted by molar-refractivity contribution is 6.04. The average Bonchev–Trinajstić information content (AvgIpc) is 2.27. The maximum absolute atomic E-state index is 11.5. The SMILES string of the molecule is CC(C)NC(=O)NC(=O)c1ccc([N+](=O)[O-])nc1. The molecule has 3 amide bonds. The molecular weight excluding hydrogens is 240 g/mol. The van der Waals surface area contributed by atoms with E-state index >= 15 is 0 Å². The number of imide groups is 1. The van der Waals surface area contributed by atoms with E-state index in [1.807, 2.05) is 0 Å². The summed E-state index contributed by atoms with van der Waals surface area (Å²) in [6.07, 6.45) is 1.04. The Balaban J connectivity index is 2.67. The van der Waals surface area contributed by atoms with Crippen molar-refractivity contribution < 1.29 is 14.5 Å². The molecule has 1 heterocycles. The molecule has 1 aromatic rings. The first-order valence-electron chi connectivity index (χ1n) is 5.12. The maximum atomic E-state index is 11.5. The Morgan fingerprint density at radius 3 is 2.50 bits per heavy atom. The van der Waals surface area contributed by atoms with E-state index in [0.717, 1.165) is 12.3 Å². The van der Waals surface area contributed by atoms with E-state index < -0.39 is 16.9 Å². The number of hydrogen-bond acceptors (Lipinski definition) is 5. The second kappa shape index (κ2) is 5.71. The third kappa shape index (κ3) is 3.81. The minimum atomic E-state index is -0.673. The van der Waals surface area contributed by atoms with Crippen LogP contribution in [0.1, 0.15) is 24.2 Å². The minimum Gasteiger partial charge on any atom is -0.358 e. The molecule has 0 radical (unpaired) electrons. The van der Waals surface area contributed by atoms with Crippen LogP contribution in [0.5, 0.6) is 0 Å². The molecule has 0 fully saturated rings. The van der Waals surface area contributed by atoms with Crippen LogP contribution in [0.25, 0.3) is 0 Å². The van der Waals surface area contributed by atoms with Gasteiger partial charge in [-0.05, 0) is 29.8 Å². The fourth-order valence-corrected chi connectivity index (χ4v) is 1.10. The third-order valence-electron chi connectivity index (χ3n) is 1.84. The van der Waals surface area contributed by atoms with Crippen LogP contribution in [0.2, 0.25) is 0 Å². The number of urea groups is 1. The molecule has 1 rings (SSSR count). The number of carbonyl (C=O) groups excluding carboxylic acids is 2. The lowest BCUT2D eigenvalue weighted by atomic mass is 10.2. The van der Waals surface area contributed by atoms with E-state index in [2.05, 4.69) is 15.6 Å². The van der Waals surface area contributed by atoms with Crippen LogP contribution in [-0.4, -0.2) is 27.9 Å². The summed E-state index contributed by atoms with van der Waals surface area (Å²) in [4.78, 5) is 35.9. The van der Waals surface area contributed by atoms with Crippen molar-refractivity contribution >= 4 is 17.8 Å². The molecule has 0 aliphatic carbocycles. The highest BCUT2D eigenvalue weighted by Crippen LogP contribution is 2.07. The highest BCUT2D eigenvalue weighted by Gasteiger charge is 2.14. The molecule has 0 aliphatic rings. The zero-order valence-corrected chi connectivity index (χ0v) is 9.84. The van der Waals surface area contributed by atoms with Gasteiger partial charge in [-0.1, -0.05) is 0 Å². The highest BCUT2D eigenvalue weighted by atomic mass is 16.6. The number of hydrogen-bond donors (Lipinski definition) is 2. The monoisotopic (exact) mass is 252 g/mol. The van der Waals surface area contributed by atoms with Crippen molar-refractivity contribution in [1.29, 1.82) is 0 Å². The molecule has 0 atom stereocenters. The molecule has 0 saturated heterocycles. The number of aromatic nitrogens is 1.